The van der Waals surface area contributed by atoms with Gasteiger partial charge in [0.05, 0.1) is 56.8 Å². The first-order chi connectivity index (χ1) is 50.3. The van der Waals surface area contributed by atoms with E-state index in [-0.39, 0.29) is 127 Å². The molecule has 4 aromatic heterocycles. The number of imidazole rings is 1. The number of benzene rings is 10. The Bertz CT molecular complexity index is 5270. The van der Waals surface area contributed by atoms with Crippen LogP contribution in [0.4, 0.5) is 0 Å². The molecule has 0 aliphatic heterocycles. The van der Waals surface area contributed by atoms with E-state index in [9.17, 15) is 19.2 Å². The van der Waals surface area contributed by atoms with Crippen molar-refractivity contribution in [3.8, 4) is 50.8 Å². The number of aliphatic hydroxyl groups is 4. The quantitative estimate of drug-likeness (QED) is 0.0573. The molecule has 0 amide bonds. The van der Waals surface area contributed by atoms with Gasteiger partial charge in [-0.1, -0.05) is 145 Å². The van der Waals surface area contributed by atoms with Crippen molar-refractivity contribution in [2.45, 2.75) is 95.6 Å². The molecule has 109 heavy (non-hydrogen) atoms. The van der Waals surface area contributed by atoms with Crippen LogP contribution in [0.1, 0.15) is 84.1 Å². The average molecular weight is 2160 g/mol. The fourth-order valence-electron chi connectivity index (χ4n) is 10.9. The predicted octanol–water partition coefficient (Wildman–Crippen LogP) is 21.4. The molecule has 568 valence electrons. The summed E-state index contributed by atoms with van der Waals surface area (Å²) in [5.41, 5.74) is 18.4. The third kappa shape index (κ3) is 30.5. The summed E-state index contributed by atoms with van der Waals surface area (Å²) in [5, 5.41) is 39.6. The Morgan fingerprint density at radius 2 is 0.899 bits per heavy atom. The zero-order valence-corrected chi connectivity index (χ0v) is 72.3. The fourth-order valence-corrected chi connectivity index (χ4v) is 10.9. The molecule has 0 aliphatic rings. The van der Waals surface area contributed by atoms with Gasteiger partial charge in [-0.15, -0.1) is 136 Å². The van der Waals surface area contributed by atoms with Crippen LogP contribution in [0.25, 0.3) is 105 Å². The van der Waals surface area contributed by atoms with Gasteiger partial charge in [-0.2, -0.15) is 0 Å². The van der Waals surface area contributed by atoms with Gasteiger partial charge >= 0.3 is 0 Å². The minimum atomic E-state index is -0.475. The van der Waals surface area contributed by atoms with E-state index in [2.05, 4.69) is 184 Å². The molecule has 4 radical (unpaired) electrons. The second-order valence-corrected chi connectivity index (χ2v) is 24.9. The van der Waals surface area contributed by atoms with Crippen LogP contribution in [0.2, 0.25) is 0 Å². The molecule has 17 heteroatoms. The molecule has 13 nitrogen and oxygen atoms in total. The van der Waals surface area contributed by atoms with Crippen LogP contribution < -0.4 is 0 Å². The standard InChI is InChI=1S/C20H14N.C19H13N2.C17H14N.C16H12N.C5H10O2.3C5H8O2.4Ir/c1-14-13-20(21-19-12-5-4-9-16(14)19)18-11-6-8-15-7-2-3-10-17(15)18;1-3-9-15(10-4-1)19-20-17-13-7-8-14-18(17)21(19)16-11-5-2-6-12-16;1-12-4-3-5-15(10-12)16-9-8-14-7-6-13(2)11-17(14)18-16;1-12-11-14-9-5-6-10-15(14)17-16(12)13-7-3-2-4-8-13;4*1-4(6)3-5(2)7;;;;/h2-10,12-13H,1H3;1-9,11-14H;3-4,6-11H,1-2H3;2-7,9-11H,1H3;4,6H,3H2,1-2H3;3*3,6H,1-2H3;;;;/q4*-1;;;;;;;;. The van der Waals surface area contributed by atoms with E-state index in [1.54, 1.807) is 6.92 Å². The SMILES string of the molecule is CC(=O)C=C(C)O.CC(=O)C=C(C)O.CC(=O)C=C(C)O.CC(=O)CC(C)O.Cc1cc(-c2[c-]ccc3ccccc23)nc2ccccc12.Cc1cc2ccccc2nc1-c1[c-]cccc1.Cc1cc[c-]c(-c2ccc3ccc(C)cc3n2)c1.[Ir].[Ir].[Ir].[Ir].[c-]1ccccc1-c1nc2ccccc2n1-c1ccccc1. The molecule has 4 N–H and O–H groups in total. The molecule has 10 aromatic carbocycles. The van der Waals surface area contributed by atoms with Crippen LogP contribution in [0.15, 0.2) is 284 Å². The summed E-state index contributed by atoms with van der Waals surface area (Å²) >= 11 is 0. The number of carbonyl (C=O) groups is 4. The molecule has 4 heterocycles. The van der Waals surface area contributed by atoms with Crippen molar-refractivity contribution in [2.75, 3.05) is 0 Å². The van der Waals surface area contributed by atoms with Crippen molar-refractivity contribution >= 4 is 77.6 Å². The first kappa shape index (κ1) is 93.2. The number of nitrogens with zero attached hydrogens (tertiary/aromatic N) is 5. The molecule has 1 atom stereocenters. The number of aryl methyl sites for hydroxylation is 4. The van der Waals surface area contributed by atoms with Crippen molar-refractivity contribution < 1.29 is 120 Å². The van der Waals surface area contributed by atoms with Crippen LogP contribution in [-0.2, 0) is 99.6 Å². The number of aromatic nitrogens is 5. The van der Waals surface area contributed by atoms with Crippen LogP contribution in [-0.4, -0.2) is 74.2 Å². The molecule has 0 spiro atoms. The van der Waals surface area contributed by atoms with Crippen molar-refractivity contribution in [1.29, 1.82) is 0 Å². The maximum atomic E-state index is 10.1. The predicted molar refractivity (Wildman–Crippen MR) is 428 cm³/mol. The zero-order chi connectivity index (χ0) is 76.0. The maximum absolute atomic E-state index is 10.1. The molecular weight excluding hydrogens is 2070 g/mol. The molecule has 0 fully saturated rings. The topological polar surface area (TPSA) is 206 Å². The molecule has 14 aromatic rings. The van der Waals surface area contributed by atoms with Gasteiger partial charge in [0.15, 0.2) is 17.3 Å². The Hall–Kier alpha value is -9.98. The smallest absolute Gasteiger partial charge is 0.155 e. The summed E-state index contributed by atoms with van der Waals surface area (Å²) < 4.78 is 2.18. The molecule has 0 aliphatic carbocycles. The van der Waals surface area contributed by atoms with E-state index < -0.39 is 6.10 Å². The first-order valence-corrected chi connectivity index (χ1v) is 34.1. The Kier molecular flexibility index (Phi) is 40.8. The number of carbonyl (C=O) groups excluding carboxylic acids is 4. The van der Waals surface area contributed by atoms with Gasteiger partial charge in [0.1, 0.15) is 5.78 Å². The number of Topliss-reactive ketones (excluding diaryl/α,β-unsaturated/α-hetero) is 1. The van der Waals surface area contributed by atoms with E-state index in [4.69, 9.17) is 40.4 Å². The number of fused-ring (bicyclic) bond motifs is 5. The second kappa shape index (κ2) is 47.7. The third-order valence-electron chi connectivity index (χ3n) is 15.2. The third-order valence-corrected chi connectivity index (χ3v) is 15.2. The summed E-state index contributed by atoms with van der Waals surface area (Å²) in [5.74, 6) is 0.769. The first-order valence-electron chi connectivity index (χ1n) is 34.1. The van der Waals surface area contributed by atoms with Crippen molar-refractivity contribution in [1.82, 2.24) is 24.5 Å². The van der Waals surface area contributed by atoms with Crippen molar-refractivity contribution in [3.63, 3.8) is 0 Å². The van der Waals surface area contributed by atoms with Crippen LogP contribution >= 0.6 is 0 Å². The average Bonchev–Trinajstić information content (AvgIpc) is 1.73. The number of hydrogen-bond donors (Lipinski definition) is 4. The van der Waals surface area contributed by atoms with E-state index in [0.29, 0.717) is 0 Å². The van der Waals surface area contributed by atoms with E-state index in [0.717, 1.165) is 78.4 Å². The Morgan fingerprint density at radius 3 is 1.45 bits per heavy atom. The minimum Gasteiger partial charge on any atom is -0.512 e. The summed E-state index contributed by atoms with van der Waals surface area (Å²) in [7, 11) is 0. The number of allylic oxidation sites excluding steroid dienone is 6. The number of aliphatic hydroxyl groups excluding tert-OH is 4. The van der Waals surface area contributed by atoms with E-state index in [1.165, 1.54) is 116 Å². The van der Waals surface area contributed by atoms with Crippen LogP contribution in [0.5, 0.6) is 0 Å². The van der Waals surface area contributed by atoms with Gasteiger partial charge in [-0.3, -0.25) is 39.1 Å². The van der Waals surface area contributed by atoms with Gasteiger partial charge in [0.2, 0.25) is 0 Å². The largest absolute Gasteiger partial charge is 0.512 e. The van der Waals surface area contributed by atoms with Gasteiger partial charge < -0.3 is 25.0 Å². The Morgan fingerprint density at radius 1 is 0.404 bits per heavy atom. The summed E-state index contributed by atoms with van der Waals surface area (Å²) in [6.45, 7) is 20.0. The fraction of sp³-hybridized carbons (Fsp3) is 0.152. The van der Waals surface area contributed by atoms with Crippen LogP contribution in [0, 0.1) is 52.0 Å². The normalized spacial score (nSPS) is 10.7. The van der Waals surface area contributed by atoms with Crippen molar-refractivity contribution in [2.24, 2.45) is 0 Å². The Labute approximate surface area is 693 Å². The number of para-hydroxylation sites is 5. The molecular formula is C92H87Ir4N5O8-4. The summed E-state index contributed by atoms with van der Waals surface area (Å²) in [4.78, 5) is 59.2. The number of rotatable bonds is 10. The number of hydrogen-bond acceptors (Lipinski definition) is 12. The number of pyridine rings is 3. The van der Waals surface area contributed by atoms with Gasteiger partial charge in [0, 0.05) is 116 Å². The van der Waals surface area contributed by atoms with Gasteiger partial charge in [0.25, 0.3) is 0 Å². The van der Waals surface area contributed by atoms with Gasteiger partial charge in [-0.05, 0) is 158 Å². The molecule has 0 saturated heterocycles. The molecule has 1 unspecified atom stereocenters. The summed E-state index contributed by atoms with van der Waals surface area (Å²) in [6, 6.07) is 97.4. The van der Waals surface area contributed by atoms with Gasteiger partial charge in [-0.25, -0.2) is 0 Å². The molecule has 0 bridgehead atoms. The van der Waals surface area contributed by atoms with E-state index >= 15 is 0 Å². The summed E-state index contributed by atoms with van der Waals surface area (Å²) in [6.07, 6.45) is 3.30. The van der Waals surface area contributed by atoms with Crippen LogP contribution in [0.3, 0.4) is 0 Å². The Balaban J connectivity index is 0.000000335. The molecule has 0 saturated carbocycles. The van der Waals surface area contributed by atoms with Crippen molar-refractivity contribution in [3.05, 3.63) is 331 Å². The minimum absolute atomic E-state index is 0. The van der Waals surface area contributed by atoms with E-state index in [1.807, 2.05) is 121 Å². The second-order valence-electron chi connectivity index (χ2n) is 24.9. The molecule has 14 rings (SSSR count). The number of ketones is 4. The zero-order valence-electron chi connectivity index (χ0n) is 62.7. The monoisotopic (exact) mass is 2160 g/mol. The maximum Gasteiger partial charge on any atom is 0.155 e.